The molecule has 0 aliphatic heterocycles. The van der Waals surface area contributed by atoms with Crippen LogP contribution in [-0.2, 0) is 0 Å². The first kappa shape index (κ1) is 14.9. The molecule has 104 valence electrons. The summed E-state index contributed by atoms with van der Waals surface area (Å²) in [6.45, 7) is 3.74. The van der Waals surface area contributed by atoms with Gasteiger partial charge in [-0.2, -0.15) is 0 Å². The first-order chi connectivity index (χ1) is 9.40. The average Bonchev–Trinajstić information content (AvgIpc) is 2.36. The fourth-order valence-corrected chi connectivity index (χ4v) is 2.75. The molecule has 20 heavy (non-hydrogen) atoms. The number of aryl methyl sites for hydroxylation is 2. The second kappa shape index (κ2) is 5.85. The maximum atomic E-state index is 12.3. The lowest BCUT2D eigenvalue weighted by atomic mass is 10.1. The molecule has 5 heteroatoms. The van der Waals surface area contributed by atoms with E-state index in [2.05, 4.69) is 21.2 Å². The Hall–Kier alpha value is -1.52. The summed E-state index contributed by atoms with van der Waals surface area (Å²) in [5, 5.41) is 3.28. The Morgan fingerprint density at radius 2 is 1.95 bits per heavy atom. The Labute approximate surface area is 131 Å². The van der Waals surface area contributed by atoms with E-state index in [4.69, 9.17) is 17.3 Å². The quantitative estimate of drug-likeness (QED) is 0.778. The average molecular weight is 354 g/mol. The molecule has 3 N–H and O–H groups in total. The third-order valence-electron chi connectivity index (χ3n) is 3.01. The molecule has 0 fully saturated rings. The van der Waals surface area contributed by atoms with Gasteiger partial charge < -0.3 is 11.1 Å². The van der Waals surface area contributed by atoms with E-state index in [1.54, 1.807) is 18.2 Å². The number of nitrogens with one attached hydrogen (secondary N) is 1. The van der Waals surface area contributed by atoms with Crippen molar-refractivity contribution in [2.24, 2.45) is 0 Å². The molecule has 0 spiro atoms. The van der Waals surface area contributed by atoms with Crippen molar-refractivity contribution >= 4 is 44.8 Å². The van der Waals surface area contributed by atoms with Crippen molar-refractivity contribution in [2.45, 2.75) is 13.8 Å². The molecule has 0 bridgehead atoms. The van der Waals surface area contributed by atoms with Crippen molar-refractivity contribution in [2.75, 3.05) is 11.1 Å². The summed E-state index contributed by atoms with van der Waals surface area (Å²) in [5.74, 6) is -0.268. The molecule has 0 saturated carbocycles. The van der Waals surface area contributed by atoms with Gasteiger partial charge >= 0.3 is 0 Å². The van der Waals surface area contributed by atoms with Gasteiger partial charge in [-0.3, -0.25) is 4.79 Å². The molecule has 0 aliphatic carbocycles. The molecule has 0 atom stereocenters. The standard InChI is InChI=1S/C15H14BrClN2O/c1-8-4-3-5-11(13(8)17)15(20)19-14-9(2)6-10(16)7-12(14)18/h3-7H,18H2,1-2H3,(H,19,20). The lowest BCUT2D eigenvalue weighted by Crippen LogP contribution is -2.15. The van der Waals surface area contributed by atoms with Gasteiger partial charge in [0.25, 0.3) is 5.91 Å². The lowest BCUT2D eigenvalue weighted by molar-refractivity contribution is 0.102. The van der Waals surface area contributed by atoms with Crippen LogP contribution in [0.15, 0.2) is 34.8 Å². The van der Waals surface area contributed by atoms with Gasteiger partial charge in [-0.05, 0) is 43.2 Å². The molecular formula is C15H14BrClN2O. The molecule has 0 heterocycles. The zero-order valence-electron chi connectivity index (χ0n) is 11.1. The Morgan fingerprint density at radius 3 is 2.60 bits per heavy atom. The molecule has 1 amide bonds. The fourth-order valence-electron chi connectivity index (χ4n) is 1.94. The van der Waals surface area contributed by atoms with Crippen molar-refractivity contribution in [3.8, 4) is 0 Å². The zero-order chi connectivity index (χ0) is 14.9. The number of rotatable bonds is 2. The fraction of sp³-hybridized carbons (Fsp3) is 0.133. The van der Waals surface area contributed by atoms with Crippen LogP contribution >= 0.6 is 27.5 Å². The second-order valence-corrected chi connectivity index (χ2v) is 5.87. The predicted molar refractivity (Wildman–Crippen MR) is 87.4 cm³/mol. The van der Waals surface area contributed by atoms with Gasteiger partial charge in [0.15, 0.2) is 0 Å². The highest BCUT2D eigenvalue weighted by Crippen LogP contribution is 2.29. The normalized spacial score (nSPS) is 10.4. The van der Waals surface area contributed by atoms with Gasteiger partial charge in [-0.15, -0.1) is 0 Å². The van der Waals surface area contributed by atoms with Crippen LogP contribution in [0.5, 0.6) is 0 Å². The number of nitrogen functional groups attached to an aromatic ring is 1. The lowest BCUT2D eigenvalue weighted by Gasteiger charge is -2.13. The highest BCUT2D eigenvalue weighted by Gasteiger charge is 2.14. The molecule has 2 rings (SSSR count). The molecule has 3 nitrogen and oxygen atoms in total. The van der Waals surface area contributed by atoms with E-state index in [1.807, 2.05) is 26.0 Å². The number of anilines is 2. The minimum atomic E-state index is -0.268. The minimum Gasteiger partial charge on any atom is -0.397 e. The van der Waals surface area contributed by atoms with Crippen LogP contribution in [0.3, 0.4) is 0 Å². The van der Waals surface area contributed by atoms with Crippen molar-refractivity contribution in [1.29, 1.82) is 0 Å². The number of carbonyl (C=O) groups is 1. The predicted octanol–water partition coefficient (Wildman–Crippen LogP) is 4.55. The van der Waals surface area contributed by atoms with E-state index in [1.165, 1.54) is 0 Å². The molecule has 0 aliphatic rings. The number of benzene rings is 2. The topological polar surface area (TPSA) is 55.1 Å². The molecular weight excluding hydrogens is 340 g/mol. The van der Waals surface area contributed by atoms with Gasteiger partial charge in [0.2, 0.25) is 0 Å². The van der Waals surface area contributed by atoms with Crippen LogP contribution in [0.2, 0.25) is 5.02 Å². The summed E-state index contributed by atoms with van der Waals surface area (Å²) in [5.41, 5.74) is 9.24. The first-order valence-corrected chi connectivity index (χ1v) is 7.19. The number of amides is 1. The first-order valence-electron chi connectivity index (χ1n) is 6.02. The summed E-state index contributed by atoms with van der Waals surface area (Å²) < 4.78 is 0.874. The highest BCUT2D eigenvalue weighted by atomic mass is 79.9. The molecule has 0 unspecified atom stereocenters. The zero-order valence-corrected chi connectivity index (χ0v) is 13.5. The second-order valence-electron chi connectivity index (χ2n) is 4.58. The van der Waals surface area contributed by atoms with Crippen LogP contribution in [-0.4, -0.2) is 5.91 Å². The van der Waals surface area contributed by atoms with Crippen molar-refractivity contribution in [1.82, 2.24) is 0 Å². The van der Waals surface area contributed by atoms with Gasteiger partial charge in [-0.25, -0.2) is 0 Å². The summed E-state index contributed by atoms with van der Waals surface area (Å²) >= 11 is 9.53. The van der Waals surface area contributed by atoms with E-state index < -0.39 is 0 Å². The molecule has 2 aromatic carbocycles. The van der Waals surface area contributed by atoms with Gasteiger partial charge in [0.05, 0.1) is 22.0 Å². The monoisotopic (exact) mass is 352 g/mol. The van der Waals surface area contributed by atoms with E-state index in [0.717, 1.165) is 15.6 Å². The SMILES string of the molecule is Cc1cccc(C(=O)Nc2c(C)cc(Br)cc2N)c1Cl. The van der Waals surface area contributed by atoms with Crippen molar-refractivity contribution in [3.63, 3.8) is 0 Å². The van der Waals surface area contributed by atoms with Gasteiger partial charge in [0, 0.05) is 4.47 Å². The third kappa shape index (κ3) is 2.97. The van der Waals surface area contributed by atoms with Crippen LogP contribution < -0.4 is 11.1 Å². The van der Waals surface area contributed by atoms with Crippen LogP contribution in [0, 0.1) is 13.8 Å². The van der Waals surface area contributed by atoms with Crippen molar-refractivity contribution in [3.05, 3.63) is 56.5 Å². The Bertz CT molecular complexity index is 663. The highest BCUT2D eigenvalue weighted by molar-refractivity contribution is 9.10. The summed E-state index contributed by atoms with van der Waals surface area (Å²) in [7, 11) is 0. The number of nitrogens with two attached hydrogens (primary N) is 1. The third-order valence-corrected chi connectivity index (χ3v) is 3.97. The Balaban J connectivity index is 2.36. The van der Waals surface area contributed by atoms with E-state index >= 15 is 0 Å². The summed E-state index contributed by atoms with van der Waals surface area (Å²) in [4.78, 5) is 12.3. The van der Waals surface area contributed by atoms with Gasteiger partial charge in [0.1, 0.15) is 0 Å². The summed E-state index contributed by atoms with van der Waals surface area (Å²) in [6.07, 6.45) is 0. The van der Waals surface area contributed by atoms with Crippen LogP contribution in [0.4, 0.5) is 11.4 Å². The van der Waals surface area contributed by atoms with Crippen LogP contribution in [0.25, 0.3) is 0 Å². The smallest absolute Gasteiger partial charge is 0.257 e. The number of hydrogen-bond acceptors (Lipinski definition) is 2. The number of hydrogen-bond donors (Lipinski definition) is 2. The van der Waals surface area contributed by atoms with E-state index in [0.29, 0.717) is 22.0 Å². The number of halogens is 2. The summed E-state index contributed by atoms with van der Waals surface area (Å²) in [6, 6.07) is 8.99. The Morgan fingerprint density at radius 1 is 1.25 bits per heavy atom. The van der Waals surface area contributed by atoms with E-state index in [9.17, 15) is 4.79 Å². The Kier molecular flexibility index (Phi) is 4.35. The van der Waals surface area contributed by atoms with E-state index in [-0.39, 0.29) is 5.91 Å². The molecule has 2 aromatic rings. The van der Waals surface area contributed by atoms with Gasteiger partial charge in [-0.1, -0.05) is 39.7 Å². The minimum absolute atomic E-state index is 0.268. The van der Waals surface area contributed by atoms with Crippen molar-refractivity contribution < 1.29 is 4.79 Å². The largest absolute Gasteiger partial charge is 0.397 e. The van der Waals surface area contributed by atoms with Crippen LogP contribution in [0.1, 0.15) is 21.5 Å². The molecule has 0 saturated heterocycles. The maximum Gasteiger partial charge on any atom is 0.257 e. The molecule has 0 radical (unpaired) electrons. The molecule has 0 aromatic heterocycles. The number of carbonyl (C=O) groups excluding carboxylic acids is 1. The maximum absolute atomic E-state index is 12.3.